The first kappa shape index (κ1) is 22.0. The molecule has 2 amide bonds. The van der Waals surface area contributed by atoms with Crippen LogP contribution >= 0.6 is 0 Å². The molecule has 0 fully saturated rings. The molecule has 6 aromatic carbocycles. The number of fused-ring (bicyclic) bond motifs is 2. The van der Waals surface area contributed by atoms with Crippen LogP contribution in [0.3, 0.4) is 0 Å². The average molecular weight is 482 g/mol. The van der Waals surface area contributed by atoms with E-state index in [1.807, 2.05) is 12.1 Å². The van der Waals surface area contributed by atoms with Crippen molar-refractivity contribution in [2.24, 2.45) is 0 Å². The number of rotatable bonds is 3. The molecule has 180 valence electrons. The molecule has 1 aliphatic heterocycles. The third-order valence-electron chi connectivity index (χ3n) is 8.11. The van der Waals surface area contributed by atoms with Gasteiger partial charge in [-0.2, -0.15) is 0 Å². The molecule has 0 atom stereocenters. The molecule has 1 N–H and O–H groups in total. The fourth-order valence-electron chi connectivity index (χ4n) is 6.51. The molecule has 0 saturated heterocycles. The van der Waals surface area contributed by atoms with E-state index in [-0.39, 0.29) is 11.8 Å². The van der Waals surface area contributed by atoms with E-state index in [1.165, 1.54) is 27.5 Å². The van der Waals surface area contributed by atoms with E-state index in [0.717, 1.165) is 37.9 Å². The third kappa shape index (κ3) is 2.88. The standard InChI is InChI=1S/C34H27NO2/c1-17(2)20-10-7-11-21(18(3)4)29(20)26-16-27-31-25(33(36)35-34(27)37)15-14-23-22-12-5-8-19-9-6-13-24(28(19)22)30(26)32(23)31/h5-18H,1-4H3,(H,35,36,37). The summed E-state index contributed by atoms with van der Waals surface area (Å²) in [4.78, 5) is 26.3. The predicted octanol–water partition coefficient (Wildman–Crippen LogP) is 8.53. The van der Waals surface area contributed by atoms with Gasteiger partial charge in [-0.15, -0.1) is 0 Å². The molecular formula is C34H27NO2. The molecule has 37 heavy (non-hydrogen) atoms. The van der Waals surface area contributed by atoms with Crippen molar-refractivity contribution in [1.29, 1.82) is 0 Å². The van der Waals surface area contributed by atoms with E-state index in [0.29, 0.717) is 23.0 Å². The normalized spacial score (nSPS) is 13.7. The Morgan fingerprint density at radius 3 is 1.81 bits per heavy atom. The lowest BCUT2D eigenvalue weighted by Gasteiger charge is -2.26. The number of amides is 2. The van der Waals surface area contributed by atoms with Gasteiger partial charge in [-0.3, -0.25) is 14.9 Å². The number of carbonyl (C=O) groups is 2. The van der Waals surface area contributed by atoms with Crippen molar-refractivity contribution in [3.8, 4) is 11.1 Å². The highest BCUT2D eigenvalue weighted by Gasteiger charge is 2.30. The second-order valence-electron chi connectivity index (χ2n) is 10.9. The van der Waals surface area contributed by atoms with E-state index >= 15 is 0 Å². The highest BCUT2D eigenvalue weighted by Crippen LogP contribution is 2.49. The van der Waals surface area contributed by atoms with E-state index < -0.39 is 0 Å². The largest absolute Gasteiger partial charge is 0.288 e. The van der Waals surface area contributed by atoms with E-state index in [2.05, 4.69) is 93.7 Å². The molecule has 3 nitrogen and oxygen atoms in total. The summed E-state index contributed by atoms with van der Waals surface area (Å²) in [5.74, 6) is -0.0421. The van der Waals surface area contributed by atoms with E-state index in [1.54, 1.807) is 0 Å². The van der Waals surface area contributed by atoms with Gasteiger partial charge in [0.2, 0.25) is 0 Å². The molecule has 0 aliphatic carbocycles. The van der Waals surface area contributed by atoms with Gasteiger partial charge in [0.25, 0.3) is 11.8 Å². The van der Waals surface area contributed by atoms with Crippen LogP contribution in [0.25, 0.3) is 54.2 Å². The van der Waals surface area contributed by atoms with Gasteiger partial charge in [0.05, 0.1) is 0 Å². The number of imide groups is 1. The van der Waals surface area contributed by atoms with Crippen LogP contribution in [0, 0.1) is 0 Å². The molecule has 0 aromatic heterocycles. The van der Waals surface area contributed by atoms with Gasteiger partial charge in [-0.25, -0.2) is 0 Å². The Bertz CT molecular complexity index is 1910. The molecule has 0 saturated carbocycles. The number of hydrogen-bond donors (Lipinski definition) is 1. The van der Waals surface area contributed by atoms with Crippen LogP contribution < -0.4 is 5.32 Å². The summed E-state index contributed by atoms with van der Waals surface area (Å²) in [6, 6.07) is 25.4. The minimum atomic E-state index is -0.328. The topological polar surface area (TPSA) is 46.2 Å². The van der Waals surface area contributed by atoms with Gasteiger partial charge in [0.15, 0.2) is 0 Å². The summed E-state index contributed by atoms with van der Waals surface area (Å²) in [5.41, 5.74) is 5.95. The van der Waals surface area contributed by atoms with Crippen molar-refractivity contribution in [1.82, 2.24) is 5.32 Å². The number of nitrogens with one attached hydrogen (secondary N) is 1. The summed E-state index contributed by atoms with van der Waals surface area (Å²) in [7, 11) is 0. The van der Waals surface area contributed by atoms with Crippen LogP contribution in [0.5, 0.6) is 0 Å². The van der Waals surface area contributed by atoms with E-state index in [4.69, 9.17) is 0 Å². The summed E-state index contributed by atoms with van der Waals surface area (Å²) in [5, 5.41) is 11.3. The Morgan fingerprint density at radius 1 is 0.541 bits per heavy atom. The lowest BCUT2D eigenvalue weighted by atomic mass is 9.78. The molecule has 7 rings (SSSR count). The van der Waals surface area contributed by atoms with Crippen LogP contribution in [-0.4, -0.2) is 11.8 Å². The zero-order valence-corrected chi connectivity index (χ0v) is 21.4. The van der Waals surface area contributed by atoms with Crippen LogP contribution in [0.15, 0.2) is 72.8 Å². The SMILES string of the molecule is CC(C)c1cccc(C(C)C)c1-c1cc2c3c(ccc4c5cccc6cccc(c1c34)c65)C(=O)NC2=O. The molecule has 0 bridgehead atoms. The predicted molar refractivity (Wildman–Crippen MR) is 153 cm³/mol. The highest BCUT2D eigenvalue weighted by atomic mass is 16.2. The van der Waals surface area contributed by atoms with Crippen molar-refractivity contribution < 1.29 is 9.59 Å². The number of benzene rings is 6. The Hall–Kier alpha value is -4.24. The van der Waals surface area contributed by atoms with Gasteiger partial charge in [0.1, 0.15) is 0 Å². The fourth-order valence-corrected chi connectivity index (χ4v) is 6.51. The first-order chi connectivity index (χ1) is 17.9. The van der Waals surface area contributed by atoms with Crippen LogP contribution in [0.4, 0.5) is 0 Å². The van der Waals surface area contributed by atoms with E-state index in [9.17, 15) is 9.59 Å². The monoisotopic (exact) mass is 481 g/mol. The molecular weight excluding hydrogens is 454 g/mol. The Morgan fingerprint density at radius 2 is 1.14 bits per heavy atom. The molecule has 3 heteroatoms. The summed E-state index contributed by atoms with van der Waals surface area (Å²) in [6.07, 6.45) is 0. The number of carbonyl (C=O) groups excluding carboxylic acids is 2. The first-order valence-corrected chi connectivity index (χ1v) is 13.0. The maximum absolute atomic E-state index is 13.3. The summed E-state index contributed by atoms with van der Waals surface area (Å²) in [6.45, 7) is 8.91. The lowest BCUT2D eigenvalue weighted by Crippen LogP contribution is -2.34. The Kier molecular flexibility index (Phi) is 4.54. The molecule has 0 radical (unpaired) electrons. The van der Waals surface area contributed by atoms with Gasteiger partial charge < -0.3 is 0 Å². The second kappa shape index (κ2) is 7.63. The molecule has 1 heterocycles. The summed E-state index contributed by atoms with van der Waals surface area (Å²) >= 11 is 0. The molecule has 0 unspecified atom stereocenters. The fraction of sp³-hybridized carbons (Fsp3) is 0.176. The van der Waals surface area contributed by atoms with Crippen LogP contribution in [0.1, 0.15) is 71.4 Å². The second-order valence-corrected chi connectivity index (χ2v) is 10.9. The van der Waals surface area contributed by atoms with Crippen LogP contribution in [0.2, 0.25) is 0 Å². The van der Waals surface area contributed by atoms with Gasteiger partial charge in [0, 0.05) is 16.5 Å². The Labute approximate surface area is 215 Å². The van der Waals surface area contributed by atoms with Crippen LogP contribution in [-0.2, 0) is 0 Å². The van der Waals surface area contributed by atoms with Gasteiger partial charge >= 0.3 is 0 Å². The highest BCUT2D eigenvalue weighted by molar-refractivity contribution is 6.40. The van der Waals surface area contributed by atoms with Gasteiger partial charge in [-0.1, -0.05) is 88.4 Å². The van der Waals surface area contributed by atoms with Crippen molar-refractivity contribution >= 4 is 54.9 Å². The zero-order valence-electron chi connectivity index (χ0n) is 21.4. The minimum Gasteiger partial charge on any atom is -0.288 e. The van der Waals surface area contributed by atoms with Crippen molar-refractivity contribution in [3.05, 3.63) is 95.1 Å². The van der Waals surface area contributed by atoms with Crippen molar-refractivity contribution in [3.63, 3.8) is 0 Å². The lowest BCUT2D eigenvalue weighted by molar-refractivity contribution is 0.0845. The molecule has 1 aliphatic rings. The third-order valence-corrected chi connectivity index (χ3v) is 8.11. The van der Waals surface area contributed by atoms with Crippen molar-refractivity contribution in [2.45, 2.75) is 39.5 Å². The smallest absolute Gasteiger partial charge is 0.258 e. The maximum Gasteiger partial charge on any atom is 0.258 e. The average Bonchev–Trinajstić information content (AvgIpc) is 2.89. The van der Waals surface area contributed by atoms with Crippen molar-refractivity contribution in [2.75, 3.05) is 0 Å². The minimum absolute atomic E-state index is 0.306. The molecule has 0 spiro atoms. The zero-order chi connectivity index (χ0) is 25.6. The van der Waals surface area contributed by atoms with Gasteiger partial charge in [-0.05, 0) is 83.9 Å². The number of hydrogen-bond acceptors (Lipinski definition) is 2. The molecule has 6 aromatic rings. The first-order valence-electron chi connectivity index (χ1n) is 13.0. The maximum atomic E-state index is 13.3. The summed E-state index contributed by atoms with van der Waals surface area (Å²) < 4.78 is 0. The quantitative estimate of drug-likeness (QED) is 0.156. The Balaban J connectivity index is 1.84.